The molecule has 2 N–H and O–H groups in total. The van der Waals surface area contributed by atoms with Gasteiger partial charge < -0.3 is 10.1 Å². The van der Waals surface area contributed by atoms with Crippen LogP contribution in [0, 0.1) is 0 Å². The van der Waals surface area contributed by atoms with Crippen molar-refractivity contribution in [2.75, 3.05) is 19.0 Å². The molecule has 0 heterocycles. The van der Waals surface area contributed by atoms with Crippen LogP contribution in [0.3, 0.4) is 0 Å². The van der Waals surface area contributed by atoms with E-state index in [1.165, 1.54) is 11.0 Å². The zero-order valence-electron chi connectivity index (χ0n) is 8.23. The fourth-order valence-electron chi connectivity index (χ4n) is 1.04. The molecule has 0 bridgehead atoms. The summed E-state index contributed by atoms with van der Waals surface area (Å²) in [5.74, 6) is 0. The van der Waals surface area contributed by atoms with E-state index in [-0.39, 0.29) is 4.90 Å². The molecule has 0 aliphatic heterocycles. The second-order valence-corrected chi connectivity index (χ2v) is 5.59. The van der Waals surface area contributed by atoms with Crippen LogP contribution in [0.25, 0.3) is 0 Å². The van der Waals surface area contributed by atoms with Crippen molar-refractivity contribution in [3.63, 3.8) is 0 Å². The summed E-state index contributed by atoms with van der Waals surface area (Å²) in [5.41, 5.74) is 0.860. The molecule has 1 rings (SSSR count). The van der Waals surface area contributed by atoms with Gasteiger partial charge in [-0.1, -0.05) is 4.89 Å². The average molecular weight is 295 g/mol. The van der Waals surface area contributed by atoms with Gasteiger partial charge >= 0.3 is 0 Å². The SMILES string of the molecule is CN(C)c1ccc(S(=O)(=O)NO)c(Br)c1. The first-order valence-electron chi connectivity index (χ1n) is 4.01. The molecule has 0 fully saturated rings. The van der Waals surface area contributed by atoms with Crippen LogP contribution >= 0.6 is 15.9 Å². The quantitative estimate of drug-likeness (QED) is 0.822. The molecule has 0 unspecified atom stereocenters. The molecule has 5 nitrogen and oxygen atoms in total. The van der Waals surface area contributed by atoms with Crippen LogP contribution in [-0.2, 0) is 10.0 Å². The maximum Gasteiger partial charge on any atom is 0.263 e. The van der Waals surface area contributed by atoms with Gasteiger partial charge in [0.25, 0.3) is 10.0 Å². The molecular formula is C8H11BrN2O3S. The molecule has 0 atom stereocenters. The molecule has 0 radical (unpaired) electrons. The third-order valence-corrected chi connectivity index (χ3v) is 3.94. The Bertz CT molecular complexity index is 459. The van der Waals surface area contributed by atoms with Gasteiger partial charge in [-0.05, 0) is 34.1 Å². The van der Waals surface area contributed by atoms with Gasteiger partial charge in [0, 0.05) is 24.3 Å². The zero-order valence-corrected chi connectivity index (χ0v) is 10.6. The number of halogens is 1. The second-order valence-electron chi connectivity index (χ2n) is 3.10. The summed E-state index contributed by atoms with van der Waals surface area (Å²) in [6.07, 6.45) is 0. The lowest BCUT2D eigenvalue weighted by Gasteiger charge is -2.13. The molecule has 1 aromatic carbocycles. The van der Waals surface area contributed by atoms with Crippen LogP contribution < -0.4 is 9.79 Å². The molecule has 0 aliphatic carbocycles. The molecule has 0 amide bonds. The van der Waals surface area contributed by atoms with Crippen molar-refractivity contribution < 1.29 is 13.6 Å². The molecular weight excluding hydrogens is 284 g/mol. The molecule has 84 valence electrons. The number of rotatable bonds is 3. The van der Waals surface area contributed by atoms with Crippen LogP contribution in [0.15, 0.2) is 27.6 Å². The third-order valence-electron chi connectivity index (χ3n) is 1.84. The Morgan fingerprint density at radius 2 is 2.00 bits per heavy atom. The van der Waals surface area contributed by atoms with Crippen molar-refractivity contribution in [1.82, 2.24) is 4.89 Å². The zero-order chi connectivity index (χ0) is 11.6. The van der Waals surface area contributed by atoms with E-state index in [9.17, 15) is 8.42 Å². The summed E-state index contributed by atoms with van der Waals surface area (Å²) in [5, 5.41) is 8.48. The first-order chi connectivity index (χ1) is 6.88. The first-order valence-corrected chi connectivity index (χ1v) is 6.29. The lowest BCUT2D eigenvalue weighted by atomic mass is 10.3. The van der Waals surface area contributed by atoms with Gasteiger partial charge in [-0.15, -0.1) is 0 Å². The molecule has 15 heavy (non-hydrogen) atoms. The van der Waals surface area contributed by atoms with Crippen molar-refractivity contribution in [1.29, 1.82) is 0 Å². The summed E-state index contributed by atoms with van der Waals surface area (Å²) < 4.78 is 23.0. The van der Waals surface area contributed by atoms with Gasteiger partial charge in [-0.2, -0.15) is 0 Å². The maximum absolute atomic E-state index is 11.3. The Kier molecular flexibility index (Phi) is 3.72. The maximum atomic E-state index is 11.3. The molecule has 7 heteroatoms. The minimum Gasteiger partial charge on any atom is -0.378 e. The van der Waals surface area contributed by atoms with E-state index in [2.05, 4.69) is 15.9 Å². The summed E-state index contributed by atoms with van der Waals surface area (Å²) in [6, 6.07) is 4.72. The van der Waals surface area contributed by atoms with E-state index in [1.54, 1.807) is 12.1 Å². The molecule has 1 aromatic rings. The number of nitrogens with one attached hydrogen (secondary N) is 1. The smallest absolute Gasteiger partial charge is 0.263 e. The molecule has 0 spiro atoms. The van der Waals surface area contributed by atoms with Crippen LogP contribution in [0.1, 0.15) is 0 Å². The normalized spacial score (nSPS) is 11.5. The van der Waals surface area contributed by atoms with E-state index in [0.29, 0.717) is 4.47 Å². The average Bonchev–Trinajstić information content (AvgIpc) is 2.17. The third kappa shape index (κ3) is 2.69. The predicted octanol–water partition coefficient (Wildman–Crippen LogP) is 1.18. The fraction of sp³-hybridized carbons (Fsp3) is 0.250. The summed E-state index contributed by atoms with van der Waals surface area (Å²) >= 11 is 3.14. The van der Waals surface area contributed by atoms with Crippen LogP contribution in [0.5, 0.6) is 0 Å². The minimum atomic E-state index is -3.83. The predicted molar refractivity (Wildman–Crippen MR) is 60.6 cm³/mol. The Morgan fingerprint density at radius 3 is 2.40 bits per heavy atom. The van der Waals surface area contributed by atoms with E-state index in [1.807, 2.05) is 19.0 Å². The standard InChI is InChI=1S/C8H11BrN2O3S/c1-11(2)6-3-4-8(7(9)5-6)15(13,14)10-12/h3-5,10,12H,1-2H3. The van der Waals surface area contributed by atoms with Gasteiger partial charge in [-0.25, -0.2) is 8.42 Å². The monoisotopic (exact) mass is 294 g/mol. The summed E-state index contributed by atoms with van der Waals surface area (Å²) in [4.78, 5) is 3.11. The number of sulfonamides is 1. The number of benzene rings is 1. The van der Waals surface area contributed by atoms with Gasteiger partial charge in [0.2, 0.25) is 0 Å². The number of hydrogen-bond donors (Lipinski definition) is 2. The lowest BCUT2D eigenvalue weighted by molar-refractivity contribution is 0.242. The number of hydrogen-bond acceptors (Lipinski definition) is 4. The van der Waals surface area contributed by atoms with Crippen molar-refractivity contribution in [3.05, 3.63) is 22.7 Å². The summed E-state index contributed by atoms with van der Waals surface area (Å²) in [7, 11) is -0.136. The Balaban J connectivity index is 3.26. The Labute approximate surface area is 96.8 Å². The fourth-order valence-corrected chi connectivity index (χ4v) is 2.70. The van der Waals surface area contributed by atoms with E-state index in [4.69, 9.17) is 5.21 Å². The van der Waals surface area contributed by atoms with Gasteiger partial charge in [0.1, 0.15) is 0 Å². The van der Waals surface area contributed by atoms with Gasteiger partial charge in [0.15, 0.2) is 0 Å². The number of nitrogens with zero attached hydrogens (tertiary/aromatic N) is 1. The molecule has 0 aliphatic rings. The van der Waals surface area contributed by atoms with E-state index < -0.39 is 10.0 Å². The van der Waals surface area contributed by atoms with Gasteiger partial charge in [0.05, 0.1) is 4.90 Å². The van der Waals surface area contributed by atoms with Crippen molar-refractivity contribution in [2.45, 2.75) is 4.90 Å². The topological polar surface area (TPSA) is 69.6 Å². The highest BCUT2D eigenvalue weighted by Crippen LogP contribution is 2.26. The van der Waals surface area contributed by atoms with Gasteiger partial charge in [-0.3, -0.25) is 0 Å². The van der Waals surface area contributed by atoms with Crippen molar-refractivity contribution in [2.24, 2.45) is 0 Å². The lowest BCUT2D eigenvalue weighted by Crippen LogP contribution is -2.20. The Hall–Kier alpha value is -0.630. The molecule has 0 saturated carbocycles. The number of anilines is 1. The van der Waals surface area contributed by atoms with Crippen LogP contribution in [0.4, 0.5) is 5.69 Å². The summed E-state index contributed by atoms with van der Waals surface area (Å²) in [6.45, 7) is 0. The highest BCUT2D eigenvalue weighted by Gasteiger charge is 2.16. The van der Waals surface area contributed by atoms with Crippen molar-refractivity contribution in [3.8, 4) is 0 Å². The van der Waals surface area contributed by atoms with Crippen molar-refractivity contribution >= 4 is 31.6 Å². The van der Waals surface area contributed by atoms with E-state index in [0.717, 1.165) is 5.69 Å². The molecule has 0 aromatic heterocycles. The largest absolute Gasteiger partial charge is 0.378 e. The first kappa shape index (κ1) is 12.4. The Morgan fingerprint density at radius 1 is 1.40 bits per heavy atom. The highest BCUT2D eigenvalue weighted by atomic mass is 79.9. The highest BCUT2D eigenvalue weighted by molar-refractivity contribution is 9.10. The molecule has 0 saturated heterocycles. The second kappa shape index (κ2) is 4.48. The van der Waals surface area contributed by atoms with Crippen LogP contribution in [0.2, 0.25) is 0 Å². The van der Waals surface area contributed by atoms with E-state index >= 15 is 0 Å². The van der Waals surface area contributed by atoms with Crippen LogP contribution in [-0.4, -0.2) is 27.7 Å². The minimum absolute atomic E-state index is 0.00407.